The molecule has 0 aliphatic heterocycles. The molecule has 0 unspecified atom stereocenters. The third-order valence-electron chi connectivity index (χ3n) is 1.43. The predicted molar refractivity (Wildman–Crippen MR) is 50.3 cm³/mol. The van der Waals surface area contributed by atoms with Crippen LogP contribution < -0.4 is 4.46 Å². The van der Waals surface area contributed by atoms with Gasteiger partial charge in [0.2, 0.25) is 0 Å². The van der Waals surface area contributed by atoms with Crippen molar-refractivity contribution in [3.8, 4) is 0 Å². The van der Waals surface area contributed by atoms with Crippen LogP contribution in [0.25, 0.3) is 0 Å². The minimum atomic E-state index is 0.124. The third-order valence-corrected chi connectivity index (χ3v) is 3.56. The molecule has 64 valence electrons. The number of carbonyl (C=O) groups excluding carboxylic acids is 1. The third kappa shape index (κ3) is 2.68. The van der Waals surface area contributed by atoms with Crippen molar-refractivity contribution in [1.29, 1.82) is 0 Å². The molecule has 0 N–H and O–H groups in total. The van der Waals surface area contributed by atoms with Crippen molar-refractivity contribution in [2.24, 2.45) is 0 Å². The Hall–Kier alpha value is -0.791. The fourth-order valence-electron chi connectivity index (χ4n) is 0.704. The molecule has 12 heavy (non-hydrogen) atoms. The zero-order chi connectivity index (χ0) is 8.97. The summed E-state index contributed by atoms with van der Waals surface area (Å²) >= 11 is 0.132. The molecule has 1 amide bonds. The van der Waals surface area contributed by atoms with Gasteiger partial charge in [0.05, 0.1) is 0 Å². The molecule has 0 atom stereocenters. The maximum absolute atomic E-state index is 10.9. The quantitative estimate of drug-likeness (QED) is 0.671. The van der Waals surface area contributed by atoms with Crippen LogP contribution in [0.3, 0.4) is 0 Å². The first-order valence-electron chi connectivity index (χ1n) is 3.67. The van der Waals surface area contributed by atoms with E-state index in [9.17, 15) is 4.79 Å². The van der Waals surface area contributed by atoms with Crippen molar-refractivity contribution in [2.45, 2.75) is 6.92 Å². The van der Waals surface area contributed by atoms with Crippen molar-refractivity contribution in [3.63, 3.8) is 0 Å². The number of hydrogen-bond donors (Lipinski definition) is 0. The summed E-state index contributed by atoms with van der Waals surface area (Å²) in [7, 11) is 1.83. The summed E-state index contributed by atoms with van der Waals surface area (Å²) in [5, 5.41) is 0. The summed E-state index contributed by atoms with van der Waals surface area (Å²) in [6.45, 7) is 1.59. The normalized spacial score (nSPS) is 9.50. The molecule has 0 aromatic heterocycles. The summed E-state index contributed by atoms with van der Waals surface area (Å²) in [6, 6.07) is 10.0. The Bertz CT molecular complexity index is 260. The Labute approximate surface area is 78.9 Å². The molecule has 1 aromatic carbocycles. The summed E-state index contributed by atoms with van der Waals surface area (Å²) < 4.78 is 2.98. The average molecular weight is 228 g/mol. The van der Waals surface area contributed by atoms with E-state index in [-0.39, 0.29) is 21.1 Å². The van der Waals surface area contributed by atoms with Crippen molar-refractivity contribution >= 4 is 25.5 Å². The molecule has 0 saturated carbocycles. The molecule has 0 radical (unpaired) electrons. The van der Waals surface area contributed by atoms with Gasteiger partial charge in [-0.05, 0) is 0 Å². The molecule has 0 fully saturated rings. The van der Waals surface area contributed by atoms with E-state index >= 15 is 0 Å². The average Bonchev–Trinajstić information content (AvgIpc) is 2.06. The molecule has 0 spiro atoms. The Kier molecular flexibility index (Phi) is 3.32. The van der Waals surface area contributed by atoms with Crippen LogP contribution in [0.15, 0.2) is 30.3 Å². The molecule has 0 bridgehead atoms. The molecule has 0 heterocycles. The molecule has 0 aliphatic carbocycles. The monoisotopic (exact) mass is 229 g/mol. The molecule has 0 aliphatic rings. The molecule has 1 rings (SSSR count). The van der Waals surface area contributed by atoms with E-state index < -0.39 is 0 Å². The summed E-state index contributed by atoms with van der Waals surface area (Å²) in [5.41, 5.74) is 0. The molecule has 3 heteroatoms. The fraction of sp³-hybridized carbons (Fsp3) is 0.222. The zero-order valence-electron chi connectivity index (χ0n) is 7.15. The Morgan fingerprint density at radius 3 is 2.42 bits per heavy atom. The number of carbonyl (C=O) groups is 1. The van der Waals surface area contributed by atoms with Crippen LogP contribution in [-0.2, 0) is 4.79 Å². The Morgan fingerprint density at radius 2 is 1.92 bits per heavy atom. The van der Waals surface area contributed by atoms with Crippen LogP contribution in [0.5, 0.6) is 0 Å². The van der Waals surface area contributed by atoms with Gasteiger partial charge in [0, 0.05) is 0 Å². The summed E-state index contributed by atoms with van der Waals surface area (Å²) in [6.07, 6.45) is 0. The van der Waals surface area contributed by atoms with E-state index in [0.29, 0.717) is 0 Å². The van der Waals surface area contributed by atoms with E-state index in [0.717, 1.165) is 0 Å². The SMILES string of the molecule is CC(=O)N(C)[Se]c1ccccc1. The molecule has 2 nitrogen and oxygen atoms in total. The molecular weight excluding hydrogens is 217 g/mol. The van der Waals surface area contributed by atoms with Gasteiger partial charge in [-0.25, -0.2) is 0 Å². The van der Waals surface area contributed by atoms with Crippen molar-refractivity contribution in [3.05, 3.63) is 30.3 Å². The van der Waals surface area contributed by atoms with Crippen molar-refractivity contribution in [1.82, 2.24) is 3.92 Å². The first-order chi connectivity index (χ1) is 5.70. The number of benzene rings is 1. The van der Waals surface area contributed by atoms with E-state index in [1.165, 1.54) is 4.46 Å². The van der Waals surface area contributed by atoms with Crippen LogP contribution >= 0.6 is 0 Å². The van der Waals surface area contributed by atoms with E-state index in [2.05, 4.69) is 0 Å². The second-order valence-corrected chi connectivity index (χ2v) is 4.94. The van der Waals surface area contributed by atoms with Crippen molar-refractivity contribution < 1.29 is 4.79 Å². The minimum absolute atomic E-state index is 0.124. The van der Waals surface area contributed by atoms with Crippen LogP contribution in [0.4, 0.5) is 0 Å². The summed E-state index contributed by atoms with van der Waals surface area (Å²) in [5.74, 6) is 0.124. The van der Waals surface area contributed by atoms with Crippen LogP contribution in [0.2, 0.25) is 0 Å². The number of rotatable bonds is 2. The number of nitrogens with zero attached hydrogens (tertiary/aromatic N) is 1. The topological polar surface area (TPSA) is 20.3 Å². The second kappa shape index (κ2) is 4.29. The van der Waals surface area contributed by atoms with Gasteiger partial charge in [-0.2, -0.15) is 0 Å². The molecule has 0 saturated heterocycles. The first kappa shape index (κ1) is 9.30. The maximum atomic E-state index is 10.9. The van der Waals surface area contributed by atoms with Gasteiger partial charge in [-0.1, -0.05) is 0 Å². The van der Waals surface area contributed by atoms with E-state index in [1.54, 1.807) is 10.8 Å². The number of amides is 1. The van der Waals surface area contributed by atoms with Gasteiger partial charge in [-0.15, -0.1) is 0 Å². The van der Waals surface area contributed by atoms with E-state index in [4.69, 9.17) is 0 Å². The fourth-order valence-corrected chi connectivity index (χ4v) is 2.22. The van der Waals surface area contributed by atoms with Crippen LogP contribution in [-0.4, -0.2) is 32.0 Å². The Balaban J connectivity index is 2.58. The van der Waals surface area contributed by atoms with Gasteiger partial charge in [-0.3, -0.25) is 0 Å². The standard InChI is InChI=1S/C9H11NOSe/c1-8(11)10(2)12-9-6-4-3-5-7-9/h3-7H,1-2H3. The summed E-state index contributed by atoms with van der Waals surface area (Å²) in [4.78, 5) is 10.9. The number of hydrogen-bond acceptors (Lipinski definition) is 1. The second-order valence-electron chi connectivity index (χ2n) is 2.42. The Morgan fingerprint density at radius 1 is 1.33 bits per heavy atom. The van der Waals surface area contributed by atoms with Gasteiger partial charge >= 0.3 is 78.6 Å². The van der Waals surface area contributed by atoms with E-state index in [1.807, 2.05) is 37.4 Å². The van der Waals surface area contributed by atoms with Gasteiger partial charge < -0.3 is 0 Å². The van der Waals surface area contributed by atoms with Gasteiger partial charge in [0.25, 0.3) is 0 Å². The predicted octanol–water partition coefficient (Wildman–Crippen LogP) is 0.409. The molecular formula is C9H11NOSe. The van der Waals surface area contributed by atoms with Gasteiger partial charge in [0.1, 0.15) is 0 Å². The van der Waals surface area contributed by atoms with Crippen LogP contribution in [0, 0.1) is 0 Å². The van der Waals surface area contributed by atoms with Gasteiger partial charge in [0.15, 0.2) is 0 Å². The van der Waals surface area contributed by atoms with Crippen molar-refractivity contribution in [2.75, 3.05) is 7.05 Å². The van der Waals surface area contributed by atoms with Crippen LogP contribution in [0.1, 0.15) is 6.92 Å². The molecule has 1 aromatic rings. The zero-order valence-corrected chi connectivity index (χ0v) is 8.86. The first-order valence-corrected chi connectivity index (χ1v) is 5.29.